The van der Waals surface area contributed by atoms with Crippen LogP contribution in [-0.2, 0) is 9.59 Å². The van der Waals surface area contributed by atoms with Crippen LogP contribution in [0, 0.1) is 0 Å². The Balaban J connectivity index is 1.71. The van der Waals surface area contributed by atoms with Gasteiger partial charge in [-0.15, -0.1) is 0 Å². The highest BCUT2D eigenvalue weighted by molar-refractivity contribution is 5.93. The molecule has 1 aliphatic carbocycles. The maximum Gasteiger partial charge on any atom is 0.224 e. The van der Waals surface area contributed by atoms with Crippen LogP contribution in [0.1, 0.15) is 38.5 Å². The lowest BCUT2D eigenvalue weighted by atomic mass is 9.96. The number of carbonyl (C=O) groups excluding carboxylic acids is 2. The van der Waals surface area contributed by atoms with Crippen LogP contribution in [-0.4, -0.2) is 42.9 Å². The molecular formula is C18H27N3O2. The van der Waals surface area contributed by atoms with E-state index >= 15 is 0 Å². The van der Waals surface area contributed by atoms with Crippen LogP contribution in [0.3, 0.4) is 0 Å². The summed E-state index contributed by atoms with van der Waals surface area (Å²) in [5, 5.41) is 5.80. The smallest absolute Gasteiger partial charge is 0.224 e. The number of anilines is 1. The average molecular weight is 317 g/mol. The molecule has 2 N–H and O–H groups in total. The molecule has 0 aromatic heterocycles. The standard InChI is InChI=1S/C18H27N3O2/c1-21(2)18(12-6-7-13-18)14-19-16(22)10-11-17(23)20-15-8-4-3-5-9-15/h3-5,8-9H,6-7,10-14H2,1-2H3,(H,19,22)(H,20,23). The second kappa shape index (κ2) is 8.11. The summed E-state index contributed by atoms with van der Waals surface area (Å²) in [4.78, 5) is 26.1. The Hall–Kier alpha value is -1.88. The van der Waals surface area contributed by atoms with Gasteiger partial charge in [-0.1, -0.05) is 31.0 Å². The molecule has 23 heavy (non-hydrogen) atoms. The van der Waals surface area contributed by atoms with Crippen molar-refractivity contribution >= 4 is 17.5 Å². The van der Waals surface area contributed by atoms with Crippen LogP contribution in [0.4, 0.5) is 5.69 Å². The van der Waals surface area contributed by atoms with Crippen molar-refractivity contribution in [3.05, 3.63) is 30.3 Å². The molecule has 2 rings (SSSR count). The van der Waals surface area contributed by atoms with Crippen molar-refractivity contribution in [2.45, 2.75) is 44.1 Å². The molecule has 1 saturated carbocycles. The van der Waals surface area contributed by atoms with Crippen molar-refractivity contribution in [2.24, 2.45) is 0 Å². The highest BCUT2D eigenvalue weighted by Gasteiger charge is 2.35. The number of hydrogen-bond donors (Lipinski definition) is 2. The number of carbonyl (C=O) groups is 2. The van der Waals surface area contributed by atoms with Gasteiger partial charge in [-0.3, -0.25) is 9.59 Å². The number of para-hydroxylation sites is 1. The molecule has 0 heterocycles. The monoisotopic (exact) mass is 317 g/mol. The molecule has 126 valence electrons. The number of nitrogens with one attached hydrogen (secondary N) is 2. The minimum Gasteiger partial charge on any atom is -0.354 e. The Morgan fingerprint density at radius 1 is 1.04 bits per heavy atom. The fourth-order valence-electron chi connectivity index (χ4n) is 3.14. The lowest BCUT2D eigenvalue weighted by molar-refractivity contribution is -0.124. The van der Waals surface area contributed by atoms with Crippen LogP contribution in [0.2, 0.25) is 0 Å². The molecule has 5 heteroatoms. The Labute approximate surface area is 138 Å². The molecule has 0 bridgehead atoms. The van der Waals surface area contributed by atoms with Crippen LogP contribution >= 0.6 is 0 Å². The molecule has 5 nitrogen and oxygen atoms in total. The zero-order valence-corrected chi connectivity index (χ0v) is 14.1. The van der Waals surface area contributed by atoms with Crippen LogP contribution < -0.4 is 10.6 Å². The summed E-state index contributed by atoms with van der Waals surface area (Å²) in [6, 6.07) is 9.29. The van der Waals surface area contributed by atoms with Gasteiger partial charge in [0.15, 0.2) is 0 Å². The van der Waals surface area contributed by atoms with E-state index < -0.39 is 0 Å². The van der Waals surface area contributed by atoms with Gasteiger partial charge in [0.2, 0.25) is 11.8 Å². The molecule has 0 saturated heterocycles. The van der Waals surface area contributed by atoms with Crippen LogP contribution in [0.15, 0.2) is 30.3 Å². The number of likely N-dealkylation sites (N-methyl/N-ethyl adjacent to an activating group) is 1. The number of rotatable bonds is 7. The van der Waals surface area contributed by atoms with Gasteiger partial charge in [-0.2, -0.15) is 0 Å². The van der Waals surface area contributed by atoms with Crippen LogP contribution in [0.5, 0.6) is 0 Å². The van der Waals surface area contributed by atoms with E-state index in [1.165, 1.54) is 12.8 Å². The van der Waals surface area contributed by atoms with E-state index in [2.05, 4.69) is 29.6 Å². The van der Waals surface area contributed by atoms with E-state index in [9.17, 15) is 9.59 Å². The van der Waals surface area contributed by atoms with E-state index in [-0.39, 0.29) is 30.2 Å². The van der Waals surface area contributed by atoms with Gasteiger partial charge < -0.3 is 15.5 Å². The Kier molecular flexibility index (Phi) is 6.16. The molecular weight excluding hydrogens is 290 g/mol. The third-order valence-electron chi connectivity index (χ3n) is 4.73. The second-order valence-corrected chi connectivity index (χ2v) is 6.52. The van der Waals surface area contributed by atoms with Gasteiger partial charge in [-0.25, -0.2) is 0 Å². The summed E-state index contributed by atoms with van der Waals surface area (Å²) in [7, 11) is 4.15. The fourth-order valence-corrected chi connectivity index (χ4v) is 3.14. The highest BCUT2D eigenvalue weighted by Crippen LogP contribution is 2.33. The molecule has 0 spiro atoms. The predicted octanol–water partition coefficient (Wildman–Crippen LogP) is 2.40. The van der Waals surface area contributed by atoms with Crippen molar-refractivity contribution in [3.8, 4) is 0 Å². The van der Waals surface area contributed by atoms with Gasteiger partial charge in [0.05, 0.1) is 0 Å². The maximum atomic E-state index is 12.0. The van der Waals surface area contributed by atoms with Crippen molar-refractivity contribution in [3.63, 3.8) is 0 Å². The van der Waals surface area contributed by atoms with Gasteiger partial charge in [0.1, 0.15) is 0 Å². The van der Waals surface area contributed by atoms with Gasteiger partial charge >= 0.3 is 0 Å². The van der Waals surface area contributed by atoms with E-state index in [4.69, 9.17) is 0 Å². The number of amides is 2. The summed E-state index contributed by atoms with van der Waals surface area (Å²) in [5.74, 6) is -0.184. The summed E-state index contributed by atoms with van der Waals surface area (Å²) >= 11 is 0. The van der Waals surface area contributed by atoms with Crippen LogP contribution in [0.25, 0.3) is 0 Å². The maximum absolute atomic E-state index is 12.0. The van der Waals surface area contributed by atoms with Crippen molar-refractivity contribution < 1.29 is 9.59 Å². The first-order valence-corrected chi connectivity index (χ1v) is 8.31. The normalized spacial score (nSPS) is 16.3. The topological polar surface area (TPSA) is 61.4 Å². The number of benzene rings is 1. The summed E-state index contributed by atoms with van der Waals surface area (Å²) in [5.41, 5.74) is 0.845. The SMILES string of the molecule is CN(C)C1(CNC(=O)CCC(=O)Nc2ccccc2)CCCC1. The Morgan fingerprint density at radius 3 is 2.26 bits per heavy atom. The molecule has 0 atom stereocenters. The third-order valence-corrected chi connectivity index (χ3v) is 4.73. The second-order valence-electron chi connectivity index (χ2n) is 6.52. The van der Waals surface area contributed by atoms with E-state index in [1.54, 1.807) is 0 Å². The molecule has 1 aromatic carbocycles. The highest BCUT2D eigenvalue weighted by atomic mass is 16.2. The first-order chi connectivity index (χ1) is 11.0. The average Bonchev–Trinajstić information content (AvgIpc) is 3.02. The molecule has 1 aromatic rings. The fraction of sp³-hybridized carbons (Fsp3) is 0.556. The van der Waals surface area contributed by atoms with Gasteiger partial charge in [0, 0.05) is 30.6 Å². The Morgan fingerprint density at radius 2 is 1.65 bits per heavy atom. The Bertz CT molecular complexity index is 522. The predicted molar refractivity (Wildman–Crippen MR) is 92.2 cm³/mol. The quantitative estimate of drug-likeness (QED) is 0.812. The van der Waals surface area contributed by atoms with Gasteiger partial charge in [0.25, 0.3) is 0 Å². The minimum atomic E-state index is -0.130. The zero-order valence-electron chi connectivity index (χ0n) is 14.1. The lowest BCUT2D eigenvalue weighted by Crippen LogP contribution is -2.50. The first-order valence-electron chi connectivity index (χ1n) is 8.31. The molecule has 0 aliphatic heterocycles. The molecule has 0 radical (unpaired) electrons. The minimum absolute atomic E-state index is 0.0543. The summed E-state index contributed by atoms with van der Waals surface area (Å²) in [6.45, 7) is 0.666. The van der Waals surface area contributed by atoms with E-state index in [0.29, 0.717) is 6.54 Å². The molecule has 0 unspecified atom stereocenters. The van der Waals surface area contributed by atoms with Crippen molar-refractivity contribution in [1.82, 2.24) is 10.2 Å². The van der Waals surface area contributed by atoms with Crippen molar-refractivity contribution in [1.29, 1.82) is 0 Å². The number of hydrogen-bond acceptors (Lipinski definition) is 3. The lowest BCUT2D eigenvalue weighted by Gasteiger charge is -2.36. The first kappa shape index (κ1) is 17.5. The third kappa shape index (κ3) is 5.06. The summed E-state index contributed by atoms with van der Waals surface area (Å²) in [6.07, 6.45) is 5.10. The number of nitrogens with zero attached hydrogens (tertiary/aromatic N) is 1. The molecule has 1 fully saturated rings. The van der Waals surface area contributed by atoms with E-state index in [0.717, 1.165) is 18.5 Å². The summed E-state index contributed by atoms with van der Waals surface area (Å²) < 4.78 is 0. The van der Waals surface area contributed by atoms with E-state index in [1.807, 2.05) is 30.3 Å². The molecule has 2 amide bonds. The largest absolute Gasteiger partial charge is 0.354 e. The van der Waals surface area contributed by atoms with Crippen molar-refractivity contribution in [2.75, 3.05) is 26.0 Å². The molecule has 1 aliphatic rings. The van der Waals surface area contributed by atoms with Gasteiger partial charge in [-0.05, 0) is 39.1 Å². The zero-order chi connectivity index (χ0) is 16.7.